The molecule has 3 heteroatoms. The fourth-order valence-corrected chi connectivity index (χ4v) is 2.90. The zero-order valence-electron chi connectivity index (χ0n) is 12.9. The highest BCUT2D eigenvalue weighted by molar-refractivity contribution is 5.85. The molecular formula is C17H28ClNO. The molecule has 20 heavy (non-hydrogen) atoms. The van der Waals surface area contributed by atoms with Crippen LogP contribution in [-0.2, 0) is 0 Å². The Morgan fingerprint density at radius 1 is 1.35 bits per heavy atom. The minimum Gasteiger partial charge on any atom is -0.494 e. The third-order valence-electron chi connectivity index (χ3n) is 4.06. The van der Waals surface area contributed by atoms with Crippen LogP contribution in [0.3, 0.4) is 0 Å². The van der Waals surface area contributed by atoms with Crippen LogP contribution in [0.2, 0.25) is 0 Å². The van der Waals surface area contributed by atoms with E-state index in [0.29, 0.717) is 5.92 Å². The lowest BCUT2D eigenvalue weighted by Gasteiger charge is -2.22. The number of hydrogen-bond acceptors (Lipinski definition) is 2. The summed E-state index contributed by atoms with van der Waals surface area (Å²) in [6, 6.07) is 6.49. The van der Waals surface area contributed by atoms with Crippen LogP contribution in [0, 0.1) is 12.8 Å². The largest absolute Gasteiger partial charge is 0.494 e. The number of hydrogen-bond donors (Lipinski definition) is 1. The average Bonchev–Trinajstić information content (AvgIpc) is 2.39. The number of aryl methyl sites for hydroxylation is 1. The molecule has 1 N–H and O–H groups in total. The van der Waals surface area contributed by atoms with Gasteiger partial charge in [-0.3, -0.25) is 0 Å². The summed E-state index contributed by atoms with van der Waals surface area (Å²) in [5.74, 6) is 2.40. The number of rotatable bonds is 5. The van der Waals surface area contributed by atoms with Gasteiger partial charge in [-0.1, -0.05) is 19.9 Å². The molecule has 1 fully saturated rings. The maximum atomic E-state index is 5.90. The van der Waals surface area contributed by atoms with Crippen molar-refractivity contribution in [1.82, 2.24) is 5.32 Å². The lowest BCUT2D eigenvalue weighted by atomic mass is 9.96. The van der Waals surface area contributed by atoms with Gasteiger partial charge in [0.25, 0.3) is 0 Å². The first kappa shape index (κ1) is 17.3. The molecule has 0 saturated carbocycles. The number of ether oxygens (including phenoxy) is 1. The van der Waals surface area contributed by atoms with E-state index in [9.17, 15) is 0 Å². The highest BCUT2D eigenvalue weighted by Crippen LogP contribution is 2.24. The van der Waals surface area contributed by atoms with E-state index in [-0.39, 0.29) is 12.4 Å². The molecule has 1 aliphatic heterocycles. The molecule has 0 radical (unpaired) electrons. The molecule has 0 aromatic heterocycles. The second kappa shape index (κ2) is 8.53. The third-order valence-corrected chi connectivity index (χ3v) is 4.06. The Kier molecular flexibility index (Phi) is 7.39. The van der Waals surface area contributed by atoms with Crippen molar-refractivity contribution in [2.24, 2.45) is 5.92 Å². The lowest BCUT2D eigenvalue weighted by Crippen LogP contribution is -2.30. The molecule has 2 rings (SSSR count). The number of nitrogens with one attached hydrogen (secondary N) is 1. The van der Waals surface area contributed by atoms with Crippen LogP contribution in [0.4, 0.5) is 0 Å². The Morgan fingerprint density at radius 2 is 2.15 bits per heavy atom. The van der Waals surface area contributed by atoms with Crippen LogP contribution in [0.1, 0.15) is 50.2 Å². The van der Waals surface area contributed by atoms with Crippen LogP contribution in [-0.4, -0.2) is 19.7 Å². The molecule has 0 amide bonds. The molecule has 1 atom stereocenters. The van der Waals surface area contributed by atoms with Gasteiger partial charge in [0.05, 0.1) is 6.61 Å². The van der Waals surface area contributed by atoms with Crippen molar-refractivity contribution in [3.05, 3.63) is 29.3 Å². The van der Waals surface area contributed by atoms with E-state index < -0.39 is 0 Å². The second-order valence-corrected chi connectivity index (χ2v) is 6.02. The molecule has 114 valence electrons. The van der Waals surface area contributed by atoms with Gasteiger partial charge in [0, 0.05) is 0 Å². The van der Waals surface area contributed by atoms with E-state index in [1.807, 2.05) is 0 Å². The van der Waals surface area contributed by atoms with Gasteiger partial charge in [-0.25, -0.2) is 0 Å². The fraction of sp³-hybridized carbons (Fsp3) is 0.647. The number of piperidine rings is 1. The average molecular weight is 298 g/mol. The molecule has 1 aromatic rings. The first-order valence-corrected chi connectivity index (χ1v) is 7.61. The first-order valence-electron chi connectivity index (χ1n) is 7.61. The Hall–Kier alpha value is -0.730. The maximum Gasteiger partial charge on any atom is 0.119 e. The van der Waals surface area contributed by atoms with Gasteiger partial charge in [-0.2, -0.15) is 0 Å². The minimum atomic E-state index is 0. The quantitative estimate of drug-likeness (QED) is 0.874. The zero-order chi connectivity index (χ0) is 13.7. The summed E-state index contributed by atoms with van der Waals surface area (Å²) in [7, 11) is 0. The molecule has 1 aliphatic rings. The molecule has 0 spiro atoms. The van der Waals surface area contributed by atoms with Crippen molar-refractivity contribution < 1.29 is 4.74 Å². The summed E-state index contributed by atoms with van der Waals surface area (Å²) >= 11 is 0. The summed E-state index contributed by atoms with van der Waals surface area (Å²) in [5, 5.41) is 3.46. The second-order valence-electron chi connectivity index (χ2n) is 6.02. The van der Waals surface area contributed by atoms with E-state index in [2.05, 4.69) is 44.3 Å². The van der Waals surface area contributed by atoms with Gasteiger partial charge in [-0.15, -0.1) is 12.4 Å². The van der Waals surface area contributed by atoms with Crippen molar-refractivity contribution in [3.8, 4) is 5.75 Å². The van der Waals surface area contributed by atoms with Crippen LogP contribution in [0.15, 0.2) is 18.2 Å². The topological polar surface area (TPSA) is 21.3 Å². The van der Waals surface area contributed by atoms with Crippen LogP contribution < -0.4 is 10.1 Å². The van der Waals surface area contributed by atoms with Crippen molar-refractivity contribution in [2.75, 3.05) is 19.7 Å². The van der Waals surface area contributed by atoms with E-state index in [4.69, 9.17) is 4.74 Å². The Balaban J connectivity index is 0.00000200. The molecule has 1 heterocycles. The van der Waals surface area contributed by atoms with Crippen molar-refractivity contribution in [2.45, 2.75) is 46.0 Å². The van der Waals surface area contributed by atoms with Crippen LogP contribution in [0.25, 0.3) is 0 Å². The maximum absolute atomic E-state index is 5.90. The van der Waals surface area contributed by atoms with Gasteiger partial charge in [0.2, 0.25) is 0 Å². The molecule has 0 aliphatic carbocycles. The third kappa shape index (κ3) is 4.99. The smallest absolute Gasteiger partial charge is 0.119 e. The lowest BCUT2D eigenvalue weighted by molar-refractivity contribution is 0.254. The molecule has 0 bridgehead atoms. The van der Waals surface area contributed by atoms with E-state index in [0.717, 1.165) is 31.2 Å². The molecule has 1 unspecified atom stereocenters. The van der Waals surface area contributed by atoms with Gasteiger partial charge in [-0.05, 0) is 74.4 Å². The monoisotopic (exact) mass is 297 g/mol. The Labute approximate surface area is 129 Å². The van der Waals surface area contributed by atoms with E-state index in [1.165, 1.54) is 30.5 Å². The molecular weight excluding hydrogens is 270 g/mol. The fourth-order valence-electron chi connectivity index (χ4n) is 2.90. The van der Waals surface area contributed by atoms with E-state index in [1.54, 1.807) is 0 Å². The summed E-state index contributed by atoms with van der Waals surface area (Å²) in [5.41, 5.74) is 2.76. The summed E-state index contributed by atoms with van der Waals surface area (Å²) in [6.07, 6.45) is 3.83. The molecule has 1 saturated heterocycles. The predicted molar refractivity (Wildman–Crippen MR) is 88.2 cm³/mol. The van der Waals surface area contributed by atoms with Gasteiger partial charge in [0.15, 0.2) is 0 Å². The SMILES string of the molecule is Cc1cc(OCCC2CCCNC2)ccc1C(C)C.Cl. The Morgan fingerprint density at radius 3 is 2.75 bits per heavy atom. The minimum absolute atomic E-state index is 0. The van der Waals surface area contributed by atoms with Gasteiger partial charge >= 0.3 is 0 Å². The van der Waals surface area contributed by atoms with Crippen molar-refractivity contribution in [3.63, 3.8) is 0 Å². The van der Waals surface area contributed by atoms with Crippen molar-refractivity contribution in [1.29, 1.82) is 0 Å². The predicted octanol–water partition coefficient (Wildman–Crippen LogP) is 4.31. The summed E-state index contributed by atoms with van der Waals surface area (Å²) < 4.78 is 5.90. The number of benzene rings is 1. The number of halogens is 1. The first-order chi connectivity index (χ1) is 9.16. The van der Waals surface area contributed by atoms with Crippen molar-refractivity contribution >= 4 is 12.4 Å². The highest BCUT2D eigenvalue weighted by atomic mass is 35.5. The van der Waals surface area contributed by atoms with Crippen LogP contribution in [0.5, 0.6) is 5.75 Å². The molecule has 1 aromatic carbocycles. The standard InChI is InChI=1S/C17H27NO.ClH/c1-13(2)17-7-6-16(11-14(17)3)19-10-8-15-5-4-9-18-12-15;/h6-7,11,13,15,18H,4-5,8-10,12H2,1-3H3;1H. The van der Waals surface area contributed by atoms with Crippen LogP contribution >= 0.6 is 12.4 Å². The summed E-state index contributed by atoms with van der Waals surface area (Å²) in [6.45, 7) is 9.83. The normalized spacial score (nSPS) is 18.7. The zero-order valence-corrected chi connectivity index (χ0v) is 13.8. The molecule has 2 nitrogen and oxygen atoms in total. The Bertz CT molecular complexity index is 400. The van der Waals surface area contributed by atoms with Gasteiger partial charge < -0.3 is 10.1 Å². The highest BCUT2D eigenvalue weighted by Gasteiger charge is 2.12. The van der Waals surface area contributed by atoms with E-state index >= 15 is 0 Å². The summed E-state index contributed by atoms with van der Waals surface area (Å²) in [4.78, 5) is 0. The van der Waals surface area contributed by atoms with Gasteiger partial charge in [0.1, 0.15) is 5.75 Å².